The van der Waals surface area contributed by atoms with Crippen LogP contribution in [-0.2, 0) is 15.4 Å². The molecule has 0 unspecified atom stereocenters. The van der Waals surface area contributed by atoms with E-state index < -0.39 is 10.0 Å². The Morgan fingerprint density at radius 1 is 1.07 bits per heavy atom. The van der Waals surface area contributed by atoms with Crippen molar-refractivity contribution in [1.82, 2.24) is 4.90 Å². The first-order valence-corrected chi connectivity index (χ1v) is 11.9. The van der Waals surface area contributed by atoms with Gasteiger partial charge in [-0.1, -0.05) is 35.7 Å². The van der Waals surface area contributed by atoms with Crippen molar-refractivity contribution in [3.05, 3.63) is 63.6 Å². The van der Waals surface area contributed by atoms with Gasteiger partial charge in [0.15, 0.2) is 0 Å². The number of hydrogen-bond donors (Lipinski definition) is 1. The maximum atomic E-state index is 13.3. The molecule has 0 radical (unpaired) electrons. The fourth-order valence-electron chi connectivity index (χ4n) is 4.00. The second-order valence-electron chi connectivity index (χ2n) is 8.00. The molecule has 0 bridgehead atoms. The van der Waals surface area contributed by atoms with E-state index in [1.165, 1.54) is 24.3 Å². The fraction of sp³-hybridized carbons (Fsp3) is 0.381. The predicted octanol–water partition coefficient (Wildman–Crippen LogP) is 4.37. The molecule has 2 aromatic rings. The summed E-state index contributed by atoms with van der Waals surface area (Å²) in [6.45, 7) is 0.616. The van der Waals surface area contributed by atoms with E-state index in [-0.39, 0.29) is 22.3 Å². The Labute approximate surface area is 180 Å². The minimum absolute atomic E-state index is 0.00158. The minimum Gasteiger partial charge on any atom is -0.335 e. The molecular weight excluding hydrogens is 431 g/mol. The standard InChI is InChI=1S/C21H22Cl2N2O3S/c22-18-9-4-15(12-19(18)23)21(10-1-11-21)13-25(16-5-6-16)20(26)14-2-7-17(8-3-14)29(24,27)28/h2-4,7-9,12,16H,1,5-6,10-11,13H2,(H2,24,27,28). The van der Waals surface area contributed by atoms with Gasteiger partial charge >= 0.3 is 0 Å². The van der Waals surface area contributed by atoms with E-state index in [0.717, 1.165) is 37.7 Å². The molecule has 0 spiro atoms. The second kappa shape index (κ2) is 7.58. The number of sulfonamides is 1. The van der Waals surface area contributed by atoms with Gasteiger partial charge in [0, 0.05) is 23.6 Å². The first-order chi connectivity index (χ1) is 13.7. The molecular formula is C21H22Cl2N2O3S. The number of carbonyl (C=O) groups excluding carboxylic acids is 1. The summed E-state index contributed by atoms with van der Waals surface area (Å²) >= 11 is 12.3. The van der Waals surface area contributed by atoms with Crippen LogP contribution < -0.4 is 5.14 Å². The third kappa shape index (κ3) is 4.17. The molecule has 0 saturated heterocycles. The Hall–Kier alpha value is -1.60. The van der Waals surface area contributed by atoms with Crippen molar-refractivity contribution in [2.24, 2.45) is 5.14 Å². The lowest BCUT2D eigenvalue weighted by atomic mass is 9.64. The lowest BCUT2D eigenvalue weighted by molar-refractivity contribution is 0.0633. The van der Waals surface area contributed by atoms with Gasteiger partial charge in [-0.05, 0) is 67.6 Å². The van der Waals surface area contributed by atoms with Crippen molar-refractivity contribution in [1.29, 1.82) is 0 Å². The van der Waals surface area contributed by atoms with E-state index >= 15 is 0 Å². The maximum absolute atomic E-state index is 13.3. The van der Waals surface area contributed by atoms with Gasteiger partial charge in [-0.15, -0.1) is 0 Å². The minimum atomic E-state index is -3.78. The maximum Gasteiger partial charge on any atom is 0.254 e. The van der Waals surface area contributed by atoms with Crippen molar-refractivity contribution in [2.75, 3.05) is 6.54 Å². The van der Waals surface area contributed by atoms with Crippen LogP contribution in [0.25, 0.3) is 0 Å². The molecule has 5 nitrogen and oxygen atoms in total. The van der Waals surface area contributed by atoms with Gasteiger partial charge in [0.2, 0.25) is 10.0 Å². The molecule has 4 rings (SSSR count). The van der Waals surface area contributed by atoms with Gasteiger partial charge < -0.3 is 4.90 Å². The quantitative estimate of drug-likeness (QED) is 0.706. The summed E-state index contributed by atoms with van der Waals surface area (Å²) in [6, 6.07) is 11.8. The van der Waals surface area contributed by atoms with Gasteiger partial charge in [0.05, 0.1) is 14.9 Å². The Kier molecular flexibility index (Phi) is 5.40. The van der Waals surface area contributed by atoms with Crippen LogP contribution in [0.15, 0.2) is 47.4 Å². The van der Waals surface area contributed by atoms with E-state index in [0.29, 0.717) is 22.2 Å². The zero-order chi connectivity index (χ0) is 20.8. The van der Waals surface area contributed by atoms with Crippen LogP contribution in [0, 0.1) is 0 Å². The number of halogens is 2. The SMILES string of the molecule is NS(=O)(=O)c1ccc(C(=O)N(CC2(c3ccc(Cl)c(Cl)c3)CCC2)C2CC2)cc1. The van der Waals surface area contributed by atoms with Crippen molar-refractivity contribution in [3.63, 3.8) is 0 Å². The normalized spacial score (nSPS) is 18.2. The van der Waals surface area contributed by atoms with Crippen LogP contribution >= 0.6 is 23.2 Å². The van der Waals surface area contributed by atoms with Gasteiger partial charge in [-0.25, -0.2) is 13.6 Å². The van der Waals surface area contributed by atoms with Crippen LogP contribution in [0.2, 0.25) is 10.0 Å². The number of primary sulfonamides is 1. The van der Waals surface area contributed by atoms with E-state index in [1.54, 1.807) is 0 Å². The third-order valence-corrected chi connectivity index (χ3v) is 7.66. The second-order valence-corrected chi connectivity index (χ2v) is 10.4. The lowest BCUT2D eigenvalue weighted by Gasteiger charge is -2.46. The van der Waals surface area contributed by atoms with E-state index in [1.807, 2.05) is 23.1 Å². The number of nitrogens with two attached hydrogens (primary N) is 1. The largest absolute Gasteiger partial charge is 0.335 e. The van der Waals surface area contributed by atoms with Crippen LogP contribution in [-0.4, -0.2) is 31.8 Å². The molecule has 0 aliphatic heterocycles. The molecule has 0 heterocycles. The summed E-state index contributed by atoms with van der Waals surface area (Å²) in [4.78, 5) is 15.2. The lowest BCUT2D eigenvalue weighted by Crippen LogP contribution is -2.48. The predicted molar refractivity (Wildman–Crippen MR) is 114 cm³/mol. The van der Waals surface area contributed by atoms with Gasteiger partial charge in [-0.2, -0.15) is 0 Å². The number of nitrogens with zero attached hydrogens (tertiary/aromatic N) is 1. The topological polar surface area (TPSA) is 80.5 Å². The molecule has 2 aliphatic rings. The highest BCUT2D eigenvalue weighted by molar-refractivity contribution is 7.89. The highest BCUT2D eigenvalue weighted by atomic mass is 35.5. The first-order valence-electron chi connectivity index (χ1n) is 9.59. The first kappa shape index (κ1) is 20.7. The zero-order valence-corrected chi connectivity index (χ0v) is 18.1. The molecule has 0 aromatic heterocycles. The molecule has 8 heteroatoms. The van der Waals surface area contributed by atoms with Crippen LogP contribution in [0.5, 0.6) is 0 Å². The molecule has 2 N–H and O–H groups in total. The highest BCUT2D eigenvalue weighted by Gasteiger charge is 2.44. The van der Waals surface area contributed by atoms with Crippen LogP contribution in [0.1, 0.15) is 48.0 Å². The highest BCUT2D eigenvalue weighted by Crippen LogP contribution is 2.47. The monoisotopic (exact) mass is 452 g/mol. The molecule has 2 aliphatic carbocycles. The van der Waals surface area contributed by atoms with E-state index in [2.05, 4.69) is 0 Å². The molecule has 2 saturated carbocycles. The summed E-state index contributed by atoms with van der Waals surface area (Å²) in [5.41, 5.74) is 1.46. The smallest absolute Gasteiger partial charge is 0.254 e. The summed E-state index contributed by atoms with van der Waals surface area (Å²) in [5, 5.41) is 6.20. The van der Waals surface area contributed by atoms with Gasteiger partial charge in [0.1, 0.15) is 0 Å². The molecule has 154 valence electrons. The van der Waals surface area contributed by atoms with Crippen molar-refractivity contribution >= 4 is 39.1 Å². The fourth-order valence-corrected chi connectivity index (χ4v) is 4.81. The van der Waals surface area contributed by atoms with Crippen molar-refractivity contribution < 1.29 is 13.2 Å². The molecule has 2 fully saturated rings. The molecule has 0 atom stereocenters. The number of benzene rings is 2. The summed E-state index contributed by atoms with van der Waals surface area (Å²) in [6.07, 6.45) is 5.06. The third-order valence-electron chi connectivity index (χ3n) is 5.99. The molecule has 2 aromatic carbocycles. The van der Waals surface area contributed by atoms with E-state index in [4.69, 9.17) is 28.3 Å². The number of amides is 1. The summed E-state index contributed by atoms with van der Waals surface area (Å²) in [7, 11) is -3.78. The average molecular weight is 453 g/mol. The van der Waals surface area contributed by atoms with Crippen molar-refractivity contribution in [2.45, 2.75) is 48.5 Å². The summed E-state index contributed by atoms with van der Waals surface area (Å²) < 4.78 is 22.9. The molecule has 1 amide bonds. The Bertz CT molecular complexity index is 1050. The zero-order valence-electron chi connectivity index (χ0n) is 15.8. The number of carbonyl (C=O) groups is 1. The Morgan fingerprint density at radius 2 is 1.72 bits per heavy atom. The van der Waals surface area contributed by atoms with Crippen molar-refractivity contribution in [3.8, 4) is 0 Å². The Balaban J connectivity index is 1.60. The van der Waals surface area contributed by atoms with Crippen LogP contribution in [0.3, 0.4) is 0 Å². The average Bonchev–Trinajstić information content (AvgIpc) is 3.48. The van der Waals surface area contributed by atoms with Gasteiger partial charge in [-0.3, -0.25) is 4.79 Å². The van der Waals surface area contributed by atoms with Crippen LogP contribution in [0.4, 0.5) is 0 Å². The van der Waals surface area contributed by atoms with E-state index in [9.17, 15) is 13.2 Å². The Morgan fingerprint density at radius 3 is 2.21 bits per heavy atom. The summed E-state index contributed by atoms with van der Waals surface area (Å²) in [5.74, 6) is -0.0835. The van der Waals surface area contributed by atoms with Gasteiger partial charge in [0.25, 0.3) is 5.91 Å². The number of hydrogen-bond acceptors (Lipinski definition) is 3. The number of rotatable bonds is 6. The molecule has 29 heavy (non-hydrogen) atoms.